The third-order valence-corrected chi connectivity index (χ3v) is 4.97. The van der Waals surface area contributed by atoms with E-state index < -0.39 is 12.1 Å². The summed E-state index contributed by atoms with van der Waals surface area (Å²) in [4.78, 5) is 11.4. The van der Waals surface area contributed by atoms with E-state index in [4.69, 9.17) is 23.9 Å². The van der Waals surface area contributed by atoms with Crippen molar-refractivity contribution in [2.75, 3.05) is 32.9 Å². The van der Waals surface area contributed by atoms with Crippen LogP contribution in [0.5, 0.6) is 0 Å². The van der Waals surface area contributed by atoms with Gasteiger partial charge in [-0.3, -0.25) is 4.90 Å². The maximum absolute atomic E-state index is 10.6. The third-order valence-electron chi connectivity index (χ3n) is 4.97. The second kappa shape index (κ2) is 9.71. The fourth-order valence-corrected chi connectivity index (χ4v) is 3.75. The van der Waals surface area contributed by atoms with Gasteiger partial charge in [0.25, 0.3) is 0 Å². The first-order valence-corrected chi connectivity index (χ1v) is 9.30. The topological polar surface area (TPSA) is 85.0 Å². The summed E-state index contributed by atoms with van der Waals surface area (Å²) < 4.78 is 48.8. The van der Waals surface area contributed by atoms with Gasteiger partial charge in [-0.25, -0.2) is 4.79 Å². The summed E-state index contributed by atoms with van der Waals surface area (Å²) >= 11 is 0. The van der Waals surface area contributed by atoms with Gasteiger partial charge in [-0.15, -0.1) is 0 Å². The fraction of sp³-hybridized carbons (Fsp3) is 0.778. The molecule has 3 heterocycles. The van der Waals surface area contributed by atoms with Crippen LogP contribution in [0.4, 0.5) is 13.2 Å². The number of aryl methyl sites for hydroxylation is 1. The fourth-order valence-electron chi connectivity index (χ4n) is 3.75. The molecule has 160 valence electrons. The first kappa shape index (κ1) is 22.6. The zero-order chi connectivity index (χ0) is 20.8. The average molecular weight is 408 g/mol. The second-order valence-corrected chi connectivity index (χ2v) is 7.19. The first-order valence-electron chi connectivity index (χ1n) is 9.30. The third kappa shape index (κ3) is 6.18. The summed E-state index contributed by atoms with van der Waals surface area (Å²) in [7, 11) is 0. The van der Waals surface area contributed by atoms with E-state index in [0.717, 1.165) is 63.8 Å². The Morgan fingerprint density at radius 1 is 1.50 bits per heavy atom. The average Bonchev–Trinajstić information content (AvgIpc) is 3.04. The molecule has 1 aromatic heterocycles. The number of likely N-dealkylation sites (tertiary alicyclic amines) is 1. The molecule has 1 N–H and O–H groups in total. The van der Waals surface area contributed by atoms with E-state index in [9.17, 15) is 13.2 Å². The monoisotopic (exact) mass is 408 g/mol. The van der Waals surface area contributed by atoms with Gasteiger partial charge in [0.15, 0.2) is 0 Å². The summed E-state index contributed by atoms with van der Waals surface area (Å²) in [5.74, 6) is -1.88. The largest absolute Gasteiger partial charge is 0.490 e. The molecule has 0 radical (unpaired) electrons. The quantitative estimate of drug-likeness (QED) is 0.802. The van der Waals surface area contributed by atoms with Crippen LogP contribution in [0.25, 0.3) is 0 Å². The number of halogens is 3. The van der Waals surface area contributed by atoms with Crippen molar-refractivity contribution in [3.63, 3.8) is 0 Å². The van der Waals surface area contributed by atoms with Gasteiger partial charge in [-0.2, -0.15) is 13.2 Å². The molecular formula is C18H27F3N2O5. The number of nitrogens with zero attached hydrogens (tertiary/aromatic N) is 2. The minimum Gasteiger partial charge on any atom is -0.475 e. The lowest BCUT2D eigenvalue weighted by molar-refractivity contribution is -0.192. The smallest absolute Gasteiger partial charge is 0.475 e. The van der Waals surface area contributed by atoms with Gasteiger partial charge in [0, 0.05) is 44.3 Å². The molecule has 28 heavy (non-hydrogen) atoms. The van der Waals surface area contributed by atoms with Gasteiger partial charge in [-0.1, -0.05) is 5.16 Å². The molecule has 0 spiro atoms. The Hall–Kier alpha value is -1.65. The van der Waals surface area contributed by atoms with Crippen molar-refractivity contribution < 1.29 is 37.1 Å². The molecule has 1 aromatic rings. The Morgan fingerprint density at radius 2 is 2.21 bits per heavy atom. The highest BCUT2D eigenvalue weighted by Crippen LogP contribution is 2.40. The number of fused-ring (bicyclic) bond motifs is 1. The number of piperidine rings is 1. The SMILES string of the molecule is CCOCC12CCCOC1CCN(Cc1cc(C)on1)C2.O=C(O)C(F)(F)F. The van der Waals surface area contributed by atoms with Crippen molar-refractivity contribution in [3.05, 3.63) is 17.5 Å². The van der Waals surface area contributed by atoms with Gasteiger partial charge in [0.2, 0.25) is 0 Å². The van der Waals surface area contributed by atoms with Crippen molar-refractivity contribution in [1.82, 2.24) is 10.1 Å². The molecule has 0 saturated carbocycles. The molecule has 3 rings (SSSR count). The van der Waals surface area contributed by atoms with Crippen LogP contribution in [-0.2, 0) is 20.8 Å². The molecule has 7 nitrogen and oxygen atoms in total. The molecule has 2 fully saturated rings. The van der Waals surface area contributed by atoms with Crippen molar-refractivity contribution in [1.29, 1.82) is 0 Å². The maximum Gasteiger partial charge on any atom is 0.490 e. The molecule has 2 aliphatic rings. The van der Waals surface area contributed by atoms with Crippen LogP contribution < -0.4 is 0 Å². The highest BCUT2D eigenvalue weighted by Gasteiger charge is 2.46. The zero-order valence-corrected chi connectivity index (χ0v) is 16.1. The molecule has 0 bridgehead atoms. The number of aliphatic carboxylic acids is 1. The first-order chi connectivity index (χ1) is 13.2. The van der Waals surface area contributed by atoms with E-state index in [1.165, 1.54) is 6.42 Å². The van der Waals surface area contributed by atoms with Crippen molar-refractivity contribution >= 4 is 5.97 Å². The van der Waals surface area contributed by atoms with Crippen LogP contribution in [-0.4, -0.2) is 66.3 Å². The highest BCUT2D eigenvalue weighted by atomic mass is 19.4. The van der Waals surface area contributed by atoms with E-state index in [1.54, 1.807) is 0 Å². The van der Waals surface area contributed by atoms with Crippen LogP contribution in [0, 0.1) is 12.3 Å². The second-order valence-electron chi connectivity index (χ2n) is 7.19. The van der Waals surface area contributed by atoms with E-state index in [-0.39, 0.29) is 5.41 Å². The molecular weight excluding hydrogens is 381 g/mol. The number of alkyl halides is 3. The molecule has 2 aliphatic heterocycles. The Labute approximate surface area is 161 Å². The summed E-state index contributed by atoms with van der Waals surface area (Å²) in [5.41, 5.74) is 1.18. The van der Waals surface area contributed by atoms with Gasteiger partial charge in [0.05, 0.1) is 18.4 Å². The van der Waals surface area contributed by atoms with Crippen LogP contribution >= 0.6 is 0 Å². The minimum absolute atomic E-state index is 0.158. The number of carboxylic acid groups (broad SMARTS) is 1. The number of hydrogen-bond donors (Lipinski definition) is 1. The molecule has 2 unspecified atom stereocenters. The van der Waals surface area contributed by atoms with Crippen molar-refractivity contribution in [2.45, 2.75) is 51.9 Å². The van der Waals surface area contributed by atoms with Crippen LogP contribution in [0.2, 0.25) is 0 Å². The summed E-state index contributed by atoms with van der Waals surface area (Å²) in [6, 6.07) is 2.03. The number of ether oxygens (including phenoxy) is 2. The number of hydrogen-bond acceptors (Lipinski definition) is 6. The number of carboxylic acids is 1. The van der Waals surface area contributed by atoms with E-state index in [1.807, 2.05) is 13.0 Å². The lowest BCUT2D eigenvalue weighted by Gasteiger charge is -2.50. The molecule has 2 saturated heterocycles. The Morgan fingerprint density at radius 3 is 2.79 bits per heavy atom. The Kier molecular flexibility index (Phi) is 7.85. The van der Waals surface area contributed by atoms with Crippen LogP contribution in [0.15, 0.2) is 10.6 Å². The number of aromatic nitrogens is 1. The minimum atomic E-state index is -5.08. The highest BCUT2D eigenvalue weighted by molar-refractivity contribution is 5.73. The normalized spacial score (nSPS) is 25.5. The van der Waals surface area contributed by atoms with Gasteiger partial charge < -0.3 is 19.1 Å². The van der Waals surface area contributed by atoms with E-state index in [2.05, 4.69) is 17.0 Å². The predicted octanol–water partition coefficient (Wildman–Crippen LogP) is 3.02. The number of carbonyl (C=O) groups is 1. The Balaban J connectivity index is 0.000000345. The van der Waals surface area contributed by atoms with E-state index in [0.29, 0.717) is 6.10 Å². The lowest BCUT2D eigenvalue weighted by atomic mass is 9.73. The maximum atomic E-state index is 10.6. The lowest BCUT2D eigenvalue weighted by Crippen LogP contribution is -2.56. The summed E-state index contributed by atoms with van der Waals surface area (Å²) in [6.45, 7) is 9.44. The molecule has 0 amide bonds. The number of rotatable bonds is 5. The molecule has 10 heteroatoms. The molecule has 2 atom stereocenters. The summed E-state index contributed by atoms with van der Waals surface area (Å²) in [6.07, 6.45) is -1.30. The zero-order valence-electron chi connectivity index (χ0n) is 16.1. The van der Waals surface area contributed by atoms with Gasteiger partial charge in [0.1, 0.15) is 5.76 Å². The van der Waals surface area contributed by atoms with Crippen LogP contribution in [0.3, 0.4) is 0 Å². The molecule has 0 aromatic carbocycles. The predicted molar refractivity (Wildman–Crippen MR) is 92.7 cm³/mol. The Bertz CT molecular complexity index is 637. The standard InChI is InChI=1S/C16H26N2O3.C2HF3O2/c1-3-19-12-16-6-4-8-20-15(16)5-7-18(11-16)10-14-9-13(2)21-17-14;3-2(4,5)1(6)7/h9,15H,3-8,10-12H2,1-2H3;(H,6,7). The van der Waals surface area contributed by atoms with E-state index >= 15 is 0 Å². The van der Waals surface area contributed by atoms with Crippen LogP contribution in [0.1, 0.15) is 37.6 Å². The van der Waals surface area contributed by atoms with Crippen molar-refractivity contribution in [3.8, 4) is 0 Å². The van der Waals surface area contributed by atoms with Crippen molar-refractivity contribution in [2.24, 2.45) is 5.41 Å². The summed E-state index contributed by atoms with van der Waals surface area (Å²) in [5, 5.41) is 11.2. The van der Waals surface area contributed by atoms with Gasteiger partial charge in [-0.05, 0) is 33.1 Å². The molecule has 0 aliphatic carbocycles. The van der Waals surface area contributed by atoms with Gasteiger partial charge >= 0.3 is 12.1 Å².